The van der Waals surface area contributed by atoms with Crippen molar-refractivity contribution in [3.63, 3.8) is 0 Å². The van der Waals surface area contributed by atoms with Crippen LogP contribution in [0.5, 0.6) is 5.75 Å². The summed E-state index contributed by atoms with van der Waals surface area (Å²) in [5, 5.41) is 9.28. The van der Waals surface area contributed by atoms with Gasteiger partial charge in [0, 0.05) is 13.1 Å². The van der Waals surface area contributed by atoms with E-state index in [4.69, 9.17) is 9.47 Å². The highest BCUT2D eigenvalue weighted by Crippen LogP contribution is 2.19. The summed E-state index contributed by atoms with van der Waals surface area (Å²) in [6.07, 6.45) is 11.5. The summed E-state index contributed by atoms with van der Waals surface area (Å²) in [5.41, 5.74) is 2.27. The van der Waals surface area contributed by atoms with E-state index in [0.717, 1.165) is 41.9 Å². The zero-order chi connectivity index (χ0) is 26.2. The molecule has 2 rings (SSSR count). The average molecular weight is 496 g/mol. The summed E-state index contributed by atoms with van der Waals surface area (Å²) in [4.78, 5) is 14.6. The zero-order valence-electron chi connectivity index (χ0n) is 22.5. The summed E-state index contributed by atoms with van der Waals surface area (Å²) in [5.74, 6) is 0.853. The molecule has 0 unspecified atom stereocenters. The predicted molar refractivity (Wildman–Crippen MR) is 147 cm³/mol. The van der Waals surface area contributed by atoms with Crippen LogP contribution in [0, 0.1) is 0 Å². The summed E-state index contributed by atoms with van der Waals surface area (Å²) in [6.45, 7) is 11.0. The molecule has 0 radical (unpaired) electrons. The SMILES string of the molecule is C=CCCCCCCCCCOc1ccc(CN(Cc2ccc(CO)cc2)C(=O)OC(C)(C)C)cc1. The predicted octanol–water partition coefficient (Wildman–Crippen LogP) is 7.80. The Bertz CT molecular complexity index is 884. The minimum absolute atomic E-state index is 0.000895. The number of carbonyl (C=O) groups is 1. The number of carbonyl (C=O) groups excluding carboxylic acids is 1. The van der Waals surface area contributed by atoms with E-state index in [1.54, 1.807) is 4.90 Å². The van der Waals surface area contributed by atoms with E-state index in [1.807, 2.05) is 75.4 Å². The van der Waals surface area contributed by atoms with Crippen LogP contribution in [0.1, 0.15) is 88.8 Å². The Hall–Kier alpha value is -2.79. The third-order valence-electron chi connectivity index (χ3n) is 5.85. The lowest BCUT2D eigenvalue weighted by molar-refractivity contribution is 0.0216. The largest absolute Gasteiger partial charge is 0.494 e. The van der Waals surface area contributed by atoms with E-state index >= 15 is 0 Å². The quantitative estimate of drug-likeness (QED) is 0.191. The molecule has 0 saturated carbocycles. The Kier molecular flexibility index (Phi) is 13.1. The number of hydrogen-bond acceptors (Lipinski definition) is 4. The van der Waals surface area contributed by atoms with Gasteiger partial charge in [-0.05, 0) is 68.9 Å². The molecule has 0 atom stereocenters. The van der Waals surface area contributed by atoms with Crippen molar-refractivity contribution in [2.24, 2.45) is 0 Å². The van der Waals surface area contributed by atoms with Gasteiger partial charge >= 0.3 is 6.09 Å². The molecule has 2 aromatic rings. The first-order valence-corrected chi connectivity index (χ1v) is 13.3. The molecule has 0 fully saturated rings. The Morgan fingerprint density at radius 3 is 1.86 bits per heavy atom. The van der Waals surface area contributed by atoms with Gasteiger partial charge in [-0.3, -0.25) is 4.90 Å². The second-order valence-corrected chi connectivity index (χ2v) is 10.4. The number of hydrogen-bond donors (Lipinski definition) is 1. The fourth-order valence-corrected chi connectivity index (χ4v) is 3.86. The Balaban J connectivity index is 1.83. The van der Waals surface area contributed by atoms with Crippen LogP contribution in [-0.2, 0) is 24.4 Å². The lowest BCUT2D eigenvalue weighted by atomic mass is 10.1. The van der Waals surface area contributed by atoms with Crippen molar-refractivity contribution in [2.75, 3.05) is 6.61 Å². The summed E-state index contributed by atoms with van der Waals surface area (Å²) in [6, 6.07) is 15.6. The first-order valence-electron chi connectivity index (χ1n) is 13.3. The van der Waals surface area contributed by atoms with Gasteiger partial charge in [0.15, 0.2) is 0 Å². The molecule has 0 aliphatic carbocycles. The molecule has 0 aliphatic rings. The maximum Gasteiger partial charge on any atom is 0.410 e. The number of nitrogens with zero attached hydrogens (tertiary/aromatic N) is 1. The fraction of sp³-hybridized carbons (Fsp3) is 0.516. The van der Waals surface area contributed by atoms with Gasteiger partial charge in [-0.15, -0.1) is 6.58 Å². The zero-order valence-corrected chi connectivity index (χ0v) is 22.5. The number of rotatable bonds is 16. The third kappa shape index (κ3) is 12.3. The summed E-state index contributed by atoms with van der Waals surface area (Å²) < 4.78 is 11.6. The maximum absolute atomic E-state index is 12.9. The smallest absolute Gasteiger partial charge is 0.410 e. The van der Waals surface area contributed by atoms with Crippen molar-refractivity contribution in [1.82, 2.24) is 4.90 Å². The minimum atomic E-state index is -0.570. The molecule has 0 bridgehead atoms. The number of benzene rings is 2. The molecule has 36 heavy (non-hydrogen) atoms. The van der Waals surface area contributed by atoms with Crippen LogP contribution in [0.2, 0.25) is 0 Å². The lowest BCUT2D eigenvalue weighted by Crippen LogP contribution is -2.36. The first-order chi connectivity index (χ1) is 17.3. The molecule has 0 heterocycles. The summed E-state index contributed by atoms with van der Waals surface area (Å²) >= 11 is 0. The highest BCUT2D eigenvalue weighted by atomic mass is 16.6. The molecule has 5 nitrogen and oxygen atoms in total. The van der Waals surface area contributed by atoms with Crippen molar-refractivity contribution in [3.8, 4) is 5.75 Å². The monoisotopic (exact) mass is 495 g/mol. The highest BCUT2D eigenvalue weighted by Gasteiger charge is 2.22. The van der Waals surface area contributed by atoms with Crippen LogP contribution in [0.4, 0.5) is 4.79 Å². The van der Waals surface area contributed by atoms with E-state index < -0.39 is 5.60 Å². The molecule has 1 N–H and O–H groups in total. The van der Waals surface area contributed by atoms with Crippen LogP contribution in [-0.4, -0.2) is 28.3 Å². The maximum atomic E-state index is 12.9. The number of amides is 1. The van der Waals surface area contributed by atoms with Gasteiger partial charge in [0.05, 0.1) is 13.2 Å². The number of ether oxygens (including phenoxy) is 2. The van der Waals surface area contributed by atoms with Gasteiger partial charge in [-0.2, -0.15) is 0 Å². The van der Waals surface area contributed by atoms with E-state index in [1.165, 1.54) is 38.5 Å². The van der Waals surface area contributed by atoms with E-state index in [2.05, 4.69) is 6.58 Å². The standard InChI is InChI=1S/C31H45NO4/c1-5-6-7-8-9-10-11-12-13-22-35-29-20-18-27(19-21-29)24-32(30(34)36-31(2,3)4)23-26-14-16-28(25-33)17-15-26/h5,14-21,33H,1,6-13,22-25H2,2-4H3. The van der Waals surface area contributed by atoms with Gasteiger partial charge in [0.2, 0.25) is 0 Å². The normalized spacial score (nSPS) is 11.2. The molecule has 5 heteroatoms. The van der Waals surface area contributed by atoms with Gasteiger partial charge in [-0.25, -0.2) is 4.79 Å². The lowest BCUT2D eigenvalue weighted by Gasteiger charge is -2.27. The second kappa shape index (κ2) is 16.1. The highest BCUT2D eigenvalue weighted by molar-refractivity contribution is 5.68. The minimum Gasteiger partial charge on any atom is -0.494 e. The molecule has 0 aromatic heterocycles. The van der Waals surface area contributed by atoms with E-state index in [-0.39, 0.29) is 12.7 Å². The van der Waals surface area contributed by atoms with E-state index in [0.29, 0.717) is 13.1 Å². The number of allylic oxidation sites excluding steroid dienone is 1. The van der Waals surface area contributed by atoms with Crippen molar-refractivity contribution >= 4 is 6.09 Å². The van der Waals surface area contributed by atoms with Gasteiger partial charge in [0.1, 0.15) is 11.4 Å². The third-order valence-corrected chi connectivity index (χ3v) is 5.85. The Morgan fingerprint density at radius 1 is 0.833 bits per heavy atom. The first kappa shape index (κ1) is 29.4. The molecular formula is C31H45NO4. The van der Waals surface area contributed by atoms with Crippen LogP contribution in [0.25, 0.3) is 0 Å². The molecule has 0 spiro atoms. The Morgan fingerprint density at radius 2 is 1.33 bits per heavy atom. The van der Waals surface area contributed by atoms with Crippen LogP contribution >= 0.6 is 0 Å². The van der Waals surface area contributed by atoms with Crippen LogP contribution in [0.15, 0.2) is 61.2 Å². The fourth-order valence-electron chi connectivity index (χ4n) is 3.86. The average Bonchev–Trinajstić information content (AvgIpc) is 2.85. The second-order valence-electron chi connectivity index (χ2n) is 10.4. The van der Waals surface area contributed by atoms with E-state index in [9.17, 15) is 9.90 Å². The van der Waals surface area contributed by atoms with Crippen molar-refractivity contribution in [2.45, 2.75) is 97.4 Å². The molecule has 0 aliphatic heterocycles. The molecular weight excluding hydrogens is 450 g/mol. The Labute approximate surface area is 218 Å². The molecule has 2 aromatic carbocycles. The van der Waals surface area contributed by atoms with Gasteiger partial charge in [0.25, 0.3) is 0 Å². The van der Waals surface area contributed by atoms with Crippen molar-refractivity contribution < 1.29 is 19.4 Å². The van der Waals surface area contributed by atoms with Crippen LogP contribution < -0.4 is 4.74 Å². The number of aliphatic hydroxyl groups is 1. The molecule has 1 amide bonds. The van der Waals surface area contributed by atoms with Crippen molar-refractivity contribution in [3.05, 3.63) is 77.9 Å². The molecule has 0 saturated heterocycles. The molecule has 198 valence electrons. The number of unbranched alkanes of at least 4 members (excludes halogenated alkanes) is 7. The summed E-state index contributed by atoms with van der Waals surface area (Å²) in [7, 11) is 0. The van der Waals surface area contributed by atoms with Crippen molar-refractivity contribution in [1.29, 1.82) is 0 Å². The topological polar surface area (TPSA) is 59.0 Å². The van der Waals surface area contributed by atoms with Gasteiger partial charge in [-0.1, -0.05) is 74.6 Å². The number of aliphatic hydroxyl groups excluding tert-OH is 1. The van der Waals surface area contributed by atoms with Gasteiger partial charge < -0.3 is 14.6 Å². The van der Waals surface area contributed by atoms with Crippen LogP contribution in [0.3, 0.4) is 0 Å².